The third-order valence-electron chi connectivity index (χ3n) is 2.54. The lowest BCUT2D eigenvalue weighted by molar-refractivity contribution is -0.385. The summed E-state index contributed by atoms with van der Waals surface area (Å²) in [5.74, 6) is -0.888. The van der Waals surface area contributed by atoms with E-state index in [4.69, 9.17) is 0 Å². The molecule has 2 rings (SSSR count). The van der Waals surface area contributed by atoms with E-state index in [9.17, 15) is 28.1 Å². The van der Waals surface area contributed by atoms with Gasteiger partial charge in [-0.25, -0.2) is 4.98 Å². The molecule has 1 N–H and O–H groups in total. The van der Waals surface area contributed by atoms with E-state index in [2.05, 4.69) is 20.1 Å². The Hall–Kier alpha value is -3.18. The Morgan fingerprint density at radius 2 is 2.21 bits per heavy atom. The average Bonchev–Trinajstić information content (AvgIpc) is 2.93. The first-order valence-electron chi connectivity index (χ1n) is 6.35. The highest BCUT2D eigenvalue weighted by molar-refractivity contribution is 5.90. The molecule has 1 amide bonds. The van der Waals surface area contributed by atoms with Crippen molar-refractivity contribution in [1.29, 1.82) is 0 Å². The van der Waals surface area contributed by atoms with Crippen LogP contribution in [0.5, 0.6) is 5.88 Å². The van der Waals surface area contributed by atoms with Crippen molar-refractivity contribution in [1.82, 2.24) is 14.8 Å². The van der Waals surface area contributed by atoms with Crippen LogP contribution in [0.4, 0.5) is 24.5 Å². The minimum Gasteiger partial charge on any atom is -0.468 e. The smallest absolute Gasteiger partial charge is 0.422 e. The molecule has 0 aliphatic rings. The summed E-state index contributed by atoms with van der Waals surface area (Å²) in [5, 5.41) is 16.6. The molecule has 0 spiro atoms. The van der Waals surface area contributed by atoms with Gasteiger partial charge in [-0.05, 0) is 6.07 Å². The number of amides is 1. The van der Waals surface area contributed by atoms with Gasteiger partial charge < -0.3 is 10.1 Å². The Bertz CT molecular complexity index is 746. The molecular formula is C12H10F3N5O4. The first-order chi connectivity index (χ1) is 11.2. The quantitative estimate of drug-likeness (QED) is 0.631. The number of carbonyl (C=O) groups is 1. The van der Waals surface area contributed by atoms with Crippen LogP contribution in [0.2, 0.25) is 0 Å². The highest BCUT2D eigenvalue weighted by atomic mass is 19.4. The number of hydrogen-bond acceptors (Lipinski definition) is 6. The van der Waals surface area contributed by atoms with Crippen LogP contribution in [0, 0.1) is 10.1 Å². The van der Waals surface area contributed by atoms with Crippen LogP contribution >= 0.6 is 0 Å². The Kier molecular flexibility index (Phi) is 4.96. The fourth-order valence-electron chi connectivity index (χ4n) is 1.60. The van der Waals surface area contributed by atoms with Gasteiger partial charge in [0, 0.05) is 18.0 Å². The summed E-state index contributed by atoms with van der Waals surface area (Å²) in [6.45, 7) is -1.82. The number of carbonyl (C=O) groups excluding carboxylic acids is 1. The van der Waals surface area contributed by atoms with Crippen molar-refractivity contribution in [2.75, 3.05) is 11.9 Å². The molecule has 0 unspecified atom stereocenters. The Labute approximate surface area is 132 Å². The zero-order valence-corrected chi connectivity index (χ0v) is 11.9. The molecule has 0 fully saturated rings. The van der Waals surface area contributed by atoms with Gasteiger partial charge in [0.15, 0.2) is 6.61 Å². The Balaban J connectivity index is 1.94. The van der Waals surface area contributed by atoms with Crippen LogP contribution < -0.4 is 10.1 Å². The van der Waals surface area contributed by atoms with E-state index in [0.717, 1.165) is 23.1 Å². The lowest BCUT2D eigenvalue weighted by atomic mass is 10.4. The number of nitro groups is 1. The van der Waals surface area contributed by atoms with Gasteiger partial charge in [0.25, 0.3) is 0 Å². The molecule has 0 saturated carbocycles. The number of alkyl halides is 3. The molecule has 0 saturated heterocycles. The van der Waals surface area contributed by atoms with Crippen LogP contribution in [0.15, 0.2) is 30.7 Å². The van der Waals surface area contributed by atoms with Gasteiger partial charge in [0.2, 0.25) is 11.8 Å². The summed E-state index contributed by atoms with van der Waals surface area (Å²) in [4.78, 5) is 25.3. The van der Waals surface area contributed by atoms with Crippen molar-refractivity contribution < 1.29 is 27.6 Å². The van der Waals surface area contributed by atoms with Crippen molar-refractivity contribution in [2.24, 2.45) is 0 Å². The summed E-state index contributed by atoms with van der Waals surface area (Å²) < 4.78 is 41.7. The Morgan fingerprint density at radius 1 is 1.46 bits per heavy atom. The summed E-state index contributed by atoms with van der Waals surface area (Å²) in [6.07, 6.45) is -1.28. The zero-order chi connectivity index (χ0) is 17.7. The van der Waals surface area contributed by atoms with Crippen molar-refractivity contribution in [3.05, 3.63) is 40.8 Å². The van der Waals surface area contributed by atoms with E-state index >= 15 is 0 Å². The van der Waals surface area contributed by atoms with Crippen molar-refractivity contribution in [3.63, 3.8) is 0 Å². The van der Waals surface area contributed by atoms with E-state index in [1.807, 2.05) is 0 Å². The number of nitrogens with zero attached hydrogens (tertiary/aromatic N) is 4. The van der Waals surface area contributed by atoms with Gasteiger partial charge in [-0.2, -0.15) is 18.3 Å². The number of pyridine rings is 1. The second kappa shape index (κ2) is 6.93. The minimum atomic E-state index is -4.50. The third kappa shape index (κ3) is 5.23. The second-order valence-electron chi connectivity index (χ2n) is 4.49. The van der Waals surface area contributed by atoms with Gasteiger partial charge in [0.1, 0.15) is 18.9 Å². The van der Waals surface area contributed by atoms with Crippen molar-refractivity contribution >= 4 is 17.3 Å². The van der Waals surface area contributed by atoms with E-state index in [-0.39, 0.29) is 23.8 Å². The molecule has 128 valence electrons. The lowest BCUT2D eigenvalue weighted by Gasteiger charge is -2.10. The van der Waals surface area contributed by atoms with Gasteiger partial charge in [0.05, 0.1) is 4.92 Å². The molecule has 0 aliphatic carbocycles. The molecule has 0 aromatic carbocycles. The second-order valence-corrected chi connectivity index (χ2v) is 4.49. The monoisotopic (exact) mass is 345 g/mol. The van der Waals surface area contributed by atoms with Crippen LogP contribution in [-0.2, 0) is 11.3 Å². The topological polar surface area (TPSA) is 112 Å². The van der Waals surface area contributed by atoms with E-state index in [0.29, 0.717) is 0 Å². The van der Waals surface area contributed by atoms with Gasteiger partial charge in [-0.3, -0.25) is 19.6 Å². The number of aromatic nitrogens is 3. The number of ether oxygens (including phenoxy) is 1. The fourth-order valence-corrected chi connectivity index (χ4v) is 1.60. The summed E-state index contributed by atoms with van der Waals surface area (Å²) in [5.41, 5.74) is -0.108. The van der Waals surface area contributed by atoms with E-state index < -0.39 is 23.6 Å². The fraction of sp³-hybridized carbons (Fsp3) is 0.250. The van der Waals surface area contributed by atoms with Crippen LogP contribution in [0.25, 0.3) is 0 Å². The predicted octanol–water partition coefficient (Wildman–Crippen LogP) is 1.77. The summed E-state index contributed by atoms with van der Waals surface area (Å²) in [7, 11) is 0. The van der Waals surface area contributed by atoms with Gasteiger partial charge >= 0.3 is 11.9 Å². The number of nitrogens with one attached hydrogen (secondary N) is 1. The molecule has 12 heteroatoms. The summed E-state index contributed by atoms with van der Waals surface area (Å²) in [6, 6.07) is 2.47. The molecular weight excluding hydrogens is 335 g/mol. The molecule has 2 aromatic heterocycles. The van der Waals surface area contributed by atoms with Gasteiger partial charge in [-0.1, -0.05) is 0 Å². The molecule has 2 aromatic rings. The first-order valence-corrected chi connectivity index (χ1v) is 6.35. The maximum atomic E-state index is 12.1. The van der Waals surface area contributed by atoms with Crippen LogP contribution in [0.1, 0.15) is 0 Å². The first kappa shape index (κ1) is 17.2. The maximum Gasteiger partial charge on any atom is 0.422 e. The molecule has 0 bridgehead atoms. The molecule has 24 heavy (non-hydrogen) atoms. The Morgan fingerprint density at radius 3 is 2.83 bits per heavy atom. The zero-order valence-electron chi connectivity index (χ0n) is 11.9. The molecule has 0 aliphatic heterocycles. The SMILES string of the molecule is O=C(Cn1cc([N+](=O)[O-])cn1)Nc1ccnc(OCC(F)(F)F)c1. The van der Waals surface area contributed by atoms with Crippen molar-refractivity contribution in [2.45, 2.75) is 12.7 Å². The van der Waals surface area contributed by atoms with Crippen LogP contribution in [-0.4, -0.2) is 38.4 Å². The number of halogens is 3. The molecule has 9 nitrogen and oxygen atoms in total. The third-order valence-corrected chi connectivity index (χ3v) is 2.54. The standard InChI is InChI=1S/C12H10F3N5O4/c13-12(14,15)7-24-11-3-8(1-2-16-11)18-10(21)6-19-5-9(4-17-19)20(22)23/h1-5H,6-7H2,(H,16,18,21). The minimum absolute atomic E-state index is 0.161. The number of hydrogen-bond donors (Lipinski definition) is 1. The normalized spacial score (nSPS) is 11.1. The lowest BCUT2D eigenvalue weighted by Crippen LogP contribution is -2.20. The van der Waals surface area contributed by atoms with E-state index in [1.165, 1.54) is 12.3 Å². The van der Waals surface area contributed by atoms with Crippen LogP contribution in [0.3, 0.4) is 0 Å². The number of rotatable bonds is 6. The van der Waals surface area contributed by atoms with Crippen molar-refractivity contribution in [3.8, 4) is 5.88 Å². The predicted molar refractivity (Wildman–Crippen MR) is 73.3 cm³/mol. The molecule has 0 radical (unpaired) electrons. The largest absolute Gasteiger partial charge is 0.468 e. The summed E-state index contributed by atoms with van der Waals surface area (Å²) >= 11 is 0. The van der Waals surface area contributed by atoms with E-state index in [1.54, 1.807) is 0 Å². The molecule has 0 atom stereocenters. The number of anilines is 1. The average molecular weight is 345 g/mol. The highest BCUT2D eigenvalue weighted by Crippen LogP contribution is 2.19. The molecule has 2 heterocycles. The van der Waals surface area contributed by atoms with Gasteiger partial charge in [-0.15, -0.1) is 0 Å². The maximum absolute atomic E-state index is 12.1. The highest BCUT2D eigenvalue weighted by Gasteiger charge is 2.28.